The van der Waals surface area contributed by atoms with Crippen LogP contribution in [0.2, 0.25) is 0 Å². The van der Waals surface area contributed by atoms with Gasteiger partial charge in [0.2, 0.25) is 0 Å². The van der Waals surface area contributed by atoms with E-state index >= 15 is 0 Å². The van der Waals surface area contributed by atoms with Crippen molar-refractivity contribution in [3.05, 3.63) is 77.6 Å². The second-order valence-electron chi connectivity index (χ2n) is 7.58. The highest BCUT2D eigenvalue weighted by Crippen LogP contribution is 2.33. The van der Waals surface area contributed by atoms with Crippen LogP contribution in [0.4, 0.5) is 15.0 Å². The summed E-state index contributed by atoms with van der Waals surface area (Å²) in [6.07, 6.45) is 2.78. The molecule has 1 amide bonds. The van der Waals surface area contributed by atoms with Crippen molar-refractivity contribution in [3.8, 4) is 11.1 Å². The Morgan fingerprint density at radius 1 is 1.24 bits per heavy atom. The maximum atomic E-state index is 14.6. The second kappa shape index (κ2) is 7.97. The number of anilines is 1. The van der Waals surface area contributed by atoms with Crippen molar-refractivity contribution < 1.29 is 13.9 Å². The molecule has 166 valence electrons. The van der Waals surface area contributed by atoms with Gasteiger partial charge >= 0.3 is 6.09 Å². The molecule has 0 spiro atoms. The number of aromatic nitrogens is 4. The molecular weight excluding hydrogens is 425 g/mol. The summed E-state index contributed by atoms with van der Waals surface area (Å²) in [6.45, 7) is 2.06. The van der Waals surface area contributed by atoms with E-state index < -0.39 is 18.0 Å². The number of aliphatic imine (C=N–C) groups is 1. The zero-order chi connectivity index (χ0) is 23.1. The summed E-state index contributed by atoms with van der Waals surface area (Å²) >= 11 is 0. The number of carbonyl (C=O) groups excluding carboxylic acids is 1. The number of aryl methyl sites for hydroxylation is 1. The number of cyclic esters (lactones) is 1. The molecule has 3 aromatic heterocycles. The Morgan fingerprint density at radius 2 is 2.09 bits per heavy atom. The van der Waals surface area contributed by atoms with E-state index in [4.69, 9.17) is 10.5 Å². The molecular formula is C23H20FN7O2. The molecule has 4 heterocycles. The molecule has 1 fully saturated rings. The van der Waals surface area contributed by atoms with Gasteiger partial charge in [0.05, 0.1) is 17.5 Å². The lowest BCUT2D eigenvalue weighted by Crippen LogP contribution is -2.29. The highest BCUT2D eigenvalue weighted by molar-refractivity contribution is 5.98. The lowest BCUT2D eigenvalue weighted by molar-refractivity contribution is 0.178. The Morgan fingerprint density at radius 3 is 2.85 bits per heavy atom. The number of fused-ring (bicyclic) bond motifs is 1. The maximum Gasteiger partial charge on any atom is 0.416 e. The van der Waals surface area contributed by atoms with Crippen LogP contribution in [0.25, 0.3) is 16.8 Å². The molecule has 2 N–H and O–H groups in total. The van der Waals surface area contributed by atoms with Gasteiger partial charge in [-0.05, 0) is 42.8 Å². The Hall–Kier alpha value is -4.34. The first-order valence-electron chi connectivity index (χ1n) is 10.2. The first kappa shape index (κ1) is 20.6. The number of nitrogens with zero attached hydrogens (tertiary/aromatic N) is 6. The molecule has 4 aromatic rings. The summed E-state index contributed by atoms with van der Waals surface area (Å²) in [5.74, 6) is 0.00184. The molecule has 0 aliphatic carbocycles. The van der Waals surface area contributed by atoms with Crippen molar-refractivity contribution in [2.45, 2.75) is 13.0 Å². The molecule has 1 atom stereocenters. The van der Waals surface area contributed by atoms with Crippen LogP contribution in [0, 0.1) is 12.7 Å². The highest BCUT2D eigenvalue weighted by Gasteiger charge is 2.37. The lowest BCUT2D eigenvalue weighted by atomic mass is 10.1. The van der Waals surface area contributed by atoms with Gasteiger partial charge < -0.3 is 10.5 Å². The van der Waals surface area contributed by atoms with Gasteiger partial charge in [-0.2, -0.15) is 5.10 Å². The average molecular weight is 445 g/mol. The number of amidine groups is 1. The summed E-state index contributed by atoms with van der Waals surface area (Å²) in [6, 6.07) is 11.6. The molecule has 5 rings (SSSR count). The van der Waals surface area contributed by atoms with Crippen molar-refractivity contribution in [1.82, 2.24) is 19.6 Å². The number of rotatable bonds is 4. The van der Waals surface area contributed by atoms with Crippen LogP contribution in [-0.2, 0) is 4.74 Å². The van der Waals surface area contributed by atoms with Gasteiger partial charge in [0.25, 0.3) is 0 Å². The number of amides is 1. The minimum atomic E-state index is -0.508. The largest absolute Gasteiger partial charge is 0.446 e. The van der Waals surface area contributed by atoms with E-state index in [0.717, 1.165) is 5.69 Å². The number of hydrogen-bond donors (Lipinski definition) is 1. The van der Waals surface area contributed by atoms with Crippen molar-refractivity contribution in [2.24, 2.45) is 10.7 Å². The zero-order valence-electron chi connectivity index (χ0n) is 17.9. The highest BCUT2D eigenvalue weighted by atomic mass is 19.1. The SMILES string of the molecule is CN=C(N)c1ccc(-c2cnn3ccc(N4C(=O)OC[C@@H]4c4cccc(C)n4)nc23)cc1F. The third-order valence-corrected chi connectivity index (χ3v) is 5.52. The van der Waals surface area contributed by atoms with Gasteiger partial charge in [-0.25, -0.2) is 23.6 Å². The second-order valence-corrected chi connectivity index (χ2v) is 7.58. The summed E-state index contributed by atoms with van der Waals surface area (Å²) in [7, 11) is 1.50. The lowest BCUT2D eigenvalue weighted by Gasteiger charge is -2.20. The Bertz CT molecular complexity index is 1420. The standard InChI is InChI=1S/C23H20FN7O2/c1-13-4-3-5-18(28-13)19-12-33-23(32)31(19)20-8-9-30-22(29-20)16(11-27-30)14-6-7-15(17(24)10-14)21(25)26-2/h3-11,19H,12H2,1-2H3,(H2,25,26)/t19-/m1/s1. The van der Waals surface area contributed by atoms with E-state index in [2.05, 4.69) is 20.1 Å². The van der Waals surface area contributed by atoms with Crippen LogP contribution < -0.4 is 10.6 Å². The average Bonchev–Trinajstić information content (AvgIpc) is 3.41. The molecule has 10 heteroatoms. The van der Waals surface area contributed by atoms with Gasteiger partial charge in [0, 0.05) is 24.5 Å². The summed E-state index contributed by atoms with van der Waals surface area (Å²) in [5, 5.41) is 4.31. The van der Waals surface area contributed by atoms with E-state index in [1.807, 2.05) is 25.1 Å². The number of pyridine rings is 1. The Labute approximate surface area is 188 Å². The van der Waals surface area contributed by atoms with Crippen LogP contribution in [0.15, 0.2) is 59.9 Å². The molecule has 9 nitrogen and oxygen atoms in total. The number of ether oxygens (including phenoxy) is 1. The van der Waals surface area contributed by atoms with Gasteiger partial charge in [-0.3, -0.25) is 9.98 Å². The Balaban J connectivity index is 1.57. The Kier molecular flexibility index (Phi) is 4.97. The van der Waals surface area contributed by atoms with E-state index in [9.17, 15) is 9.18 Å². The fraction of sp³-hybridized carbons (Fsp3) is 0.174. The first-order valence-corrected chi connectivity index (χ1v) is 10.2. The molecule has 1 aliphatic heterocycles. The van der Waals surface area contributed by atoms with E-state index in [-0.39, 0.29) is 18.0 Å². The number of halogens is 1. The summed E-state index contributed by atoms with van der Waals surface area (Å²) in [4.78, 5) is 27.1. The van der Waals surface area contributed by atoms with Crippen LogP contribution in [-0.4, -0.2) is 45.2 Å². The molecule has 0 bridgehead atoms. The van der Waals surface area contributed by atoms with E-state index in [1.165, 1.54) is 18.0 Å². The topological polar surface area (TPSA) is 111 Å². The first-order chi connectivity index (χ1) is 16.0. The van der Waals surface area contributed by atoms with Crippen molar-refractivity contribution in [1.29, 1.82) is 0 Å². The number of benzene rings is 1. The van der Waals surface area contributed by atoms with Crippen molar-refractivity contribution in [3.63, 3.8) is 0 Å². The van der Waals surface area contributed by atoms with Gasteiger partial charge in [-0.15, -0.1) is 0 Å². The molecule has 1 aliphatic rings. The summed E-state index contributed by atoms with van der Waals surface area (Å²) < 4.78 is 21.5. The number of nitrogens with two attached hydrogens (primary N) is 1. The molecule has 0 unspecified atom stereocenters. The van der Waals surface area contributed by atoms with Crippen LogP contribution in [0.1, 0.15) is 23.0 Å². The smallest absolute Gasteiger partial charge is 0.416 e. The molecule has 33 heavy (non-hydrogen) atoms. The van der Waals surface area contributed by atoms with E-state index in [0.29, 0.717) is 28.3 Å². The predicted molar refractivity (Wildman–Crippen MR) is 121 cm³/mol. The molecule has 0 radical (unpaired) electrons. The quantitative estimate of drug-likeness (QED) is 0.381. The van der Waals surface area contributed by atoms with Crippen molar-refractivity contribution >= 4 is 23.4 Å². The third-order valence-electron chi connectivity index (χ3n) is 5.52. The normalized spacial score (nSPS) is 16.5. The van der Waals surface area contributed by atoms with Crippen molar-refractivity contribution in [2.75, 3.05) is 18.6 Å². The number of hydrogen-bond acceptors (Lipinski definition) is 6. The van der Waals surface area contributed by atoms with Crippen LogP contribution in [0.5, 0.6) is 0 Å². The van der Waals surface area contributed by atoms with Crippen LogP contribution in [0.3, 0.4) is 0 Å². The van der Waals surface area contributed by atoms with Gasteiger partial charge in [0.1, 0.15) is 30.1 Å². The minimum absolute atomic E-state index is 0.114. The van der Waals surface area contributed by atoms with E-state index in [1.54, 1.807) is 35.1 Å². The predicted octanol–water partition coefficient (Wildman–Crippen LogP) is 3.27. The van der Waals surface area contributed by atoms with Crippen LogP contribution >= 0.6 is 0 Å². The fourth-order valence-electron chi connectivity index (χ4n) is 3.85. The van der Waals surface area contributed by atoms with Gasteiger partial charge in [0.15, 0.2) is 5.65 Å². The fourth-order valence-corrected chi connectivity index (χ4v) is 3.85. The third kappa shape index (κ3) is 3.55. The minimum Gasteiger partial charge on any atom is -0.446 e. The summed E-state index contributed by atoms with van der Waals surface area (Å²) in [5.41, 5.74) is 9.17. The monoisotopic (exact) mass is 445 g/mol. The number of carbonyl (C=O) groups is 1. The van der Waals surface area contributed by atoms with Gasteiger partial charge in [-0.1, -0.05) is 12.1 Å². The molecule has 1 saturated heterocycles. The molecule has 0 saturated carbocycles. The zero-order valence-corrected chi connectivity index (χ0v) is 17.9. The maximum absolute atomic E-state index is 14.6. The molecule has 1 aromatic carbocycles.